The van der Waals surface area contributed by atoms with E-state index in [0.717, 1.165) is 19.5 Å². The lowest BCUT2D eigenvalue weighted by atomic mass is 10.00. The third-order valence-electron chi connectivity index (χ3n) is 3.13. The molecule has 2 heterocycles. The predicted molar refractivity (Wildman–Crippen MR) is 50.4 cm³/mol. The van der Waals surface area contributed by atoms with Gasteiger partial charge in [-0.25, -0.2) is 4.79 Å². The monoisotopic (exact) mass is 183 g/mol. The van der Waals surface area contributed by atoms with Crippen molar-refractivity contribution in [1.82, 2.24) is 9.80 Å². The van der Waals surface area contributed by atoms with Crippen LogP contribution in [0.3, 0.4) is 0 Å². The Morgan fingerprint density at radius 1 is 1.23 bits per heavy atom. The fourth-order valence-corrected chi connectivity index (χ4v) is 2.16. The number of fused-ring (bicyclic) bond motifs is 1. The Morgan fingerprint density at radius 2 is 2.00 bits per heavy atom. The van der Waals surface area contributed by atoms with Crippen molar-refractivity contribution >= 4 is 6.03 Å². The third-order valence-corrected chi connectivity index (χ3v) is 3.13. The van der Waals surface area contributed by atoms with Crippen LogP contribution in [0.2, 0.25) is 0 Å². The Bertz CT molecular complexity index is 207. The van der Waals surface area contributed by atoms with Gasteiger partial charge < -0.3 is 10.6 Å². The zero-order valence-corrected chi connectivity index (χ0v) is 7.91. The second kappa shape index (κ2) is 3.54. The maximum atomic E-state index is 11.0. The molecule has 74 valence electrons. The van der Waals surface area contributed by atoms with Gasteiger partial charge in [0.25, 0.3) is 0 Å². The molecular formula is C9H17N3O. The summed E-state index contributed by atoms with van der Waals surface area (Å²) in [6.07, 6.45) is 3.51. The highest BCUT2D eigenvalue weighted by Crippen LogP contribution is 2.21. The Balaban J connectivity index is 1.94. The molecule has 0 aromatic heterocycles. The van der Waals surface area contributed by atoms with E-state index in [1.807, 2.05) is 0 Å². The molecule has 0 bridgehead atoms. The molecule has 1 unspecified atom stereocenters. The van der Waals surface area contributed by atoms with Crippen LogP contribution in [0.4, 0.5) is 4.79 Å². The van der Waals surface area contributed by atoms with Crippen LogP contribution in [0.1, 0.15) is 19.3 Å². The van der Waals surface area contributed by atoms with Crippen LogP contribution >= 0.6 is 0 Å². The standard InChI is InChI=1S/C9H17N3O/c10-9(13)12-5-2-1-4-11-6-3-8(11)7-12/h8H,1-7H2,(H2,10,13). The summed E-state index contributed by atoms with van der Waals surface area (Å²) in [7, 11) is 0. The Kier molecular flexibility index (Phi) is 2.40. The SMILES string of the molecule is NC(=O)N1CCCCN2CCC2C1. The van der Waals surface area contributed by atoms with Crippen molar-refractivity contribution in [2.75, 3.05) is 26.2 Å². The van der Waals surface area contributed by atoms with Crippen LogP contribution in [0, 0.1) is 0 Å². The molecule has 0 radical (unpaired) electrons. The topological polar surface area (TPSA) is 49.6 Å². The molecule has 2 N–H and O–H groups in total. The zero-order valence-electron chi connectivity index (χ0n) is 7.91. The van der Waals surface area contributed by atoms with Crippen molar-refractivity contribution in [2.45, 2.75) is 25.3 Å². The van der Waals surface area contributed by atoms with Crippen molar-refractivity contribution in [3.8, 4) is 0 Å². The van der Waals surface area contributed by atoms with Crippen LogP contribution in [0.25, 0.3) is 0 Å². The van der Waals surface area contributed by atoms with Crippen molar-refractivity contribution in [1.29, 1.82) is 0 Å². The number of amides is 2. The van der Waals surface area contributed by atoms with Crippen molar-refractivity contribution in [2.24, 2.45) is 5.73 Å². The van der Waals surface area contributed by atoms with E-state index in [2.05, 4.69) is 4.90 Å². The number of nitrogens with two attached hydrogens (primary N) is 1. The number of nitrogens with zero attached hydrogens (tertiary/aromatic N) is 2. The minimum atomic E-state index is -0.256. The number of primary amides is 1. The first-order chi connectivity index (χ1) is 6.27. The fraction of sp³-hybridized carbons (Fsp3) is 0.889. The number of hydrogen-bond donors (Lipinski definition) is 1. The van der Waals surface area contributed by atoms with Gasteiger partial charge in [0.1, 0.15) is 0 Å². The van der Waals surface area contributed by atoms with E-state index in [9.17, 15) is 4.79 Å². The molecule has 0 aromatic rings. The van der Waals surface area contributed by atoms with E-state index in [0.29, 0.717) is 6.04 Å². The molecule has 4 heteroatoms. The van der Waals surface area contributed by atoms with Gasteiger partial charge in [0.2, 0.25) is 0 Å². The Hall–Kier alpha value is -0.770. The van der Waals surface area contributed by atoms with Crippen LogP contribution in [-0.2, 0) is 0 Å². The van der Waals surface area contributed by atoms with E-state index in [1.165, 1.54) is 25.9 Å². The van der Waals surface area contributed by atoms with Crippen molar-refractivity contribution in [3.05, 3.63) is 0 Å². The van der Waals surface area contributed by atoms with E-state index in [-0.39, 0.29) is 6.03 Å². The van der Waals surface area contributed by atoms with Gasteiger partial charge in [-0.05, 0) is 25.8 Å². The molecule has 0 aromatic carbocycles. The van der Waals surface area contributed by atoms with E-state index >= 15 is 0 Å². The van der Waals surface area contributed by atoms with Crippen LogP contribution < -0.4 is 5.73 Å². The second-order valence-electron chi connectivity index (χ2n) is 3.97. The highest BCUT2D eigenvalue weighted by atomic mass is 16.2. The molecule has 0 aliphatic carbocycles. The smallest absolute Gasteiger partial charge is 0.314 e. The summed E-state index contributed by atoms with van der Waals surface area (Å²) < 4.78 is 0. The minimum Gasteiger partial charge on any atom is -0.351 e. The molecule has 0 saturated carbocycles. The number of hydrogen-bond acceptors (Lipinski definition) is 2. The average Bonchev–Trinajstić information content (AvgIpc) is 2.04. The summed E-state index contributed by atoms with van der Waals surface area (Å²) >= 11 is 0. The van der Waals surface area contributed by atoms with E-state index < -0.39 is 0 Å². The first-order valence-corrected chi connectivity index (χ1v) is 5.06. The molecular weight excluding hydrogens is 166 g/mol. The summed E-state index contributed by atoms with van der Waals surface area (Å²) in [4.78, 5) is 15.3. The van der Waals surface area contributed by atoms with Gasteiger partial charge in [-0.1, -0.05) is 0 Å². The molecule has 2 rings (SSSR count). The number of carbonyl (C=O) groups is 1. The average molecular weight is 183 g/mol. The first kappa shape index (κ1) is 8.81. The molecule has 2 saturated heterocycles. The van der Waals surface area contributed by atoms with Gasteiger partial charge >= 0.3 is 6.03 Å². The molecule has 2 aliphatic rings. The van der Waals surface area contributed by atoms with E-state index in [4.69, 9.17) is 5.73 Å². The Labute approximate surface area is 78.7 Å². The third kappa shape index (κ3) is 1.77. The summed E-state index contributed by atoms with van der Waals surface area (Å²) in [5.74, 6) is 0. The van der Waals surface area contributed by atoms with Gasteiger partial charge in [-0.3, -0.25) is 4.90 Å². The van der Waals surface area contributed by atoms with Crippen LogP contribution in [0.5, 0.6) is 0 Å². The van der Waals surface area contributed by atoms with Gasteiger partial charge in [0.15, 0.2) is 0 Å². The van der Waals surface area contributed by atoms with Crippen molar-refractivity contribution < 1.29 is 4.79 Å². The first-order valence-electron chi connectivity index (χ1n) is 5.06. The van der Waals surface area contributed by atoms with Crippen LogP contribution in [-0.4, -0.2) is 48.1 Å². The van der Waals surface area contributed by atoms with E-state index in [1.54, 1.807) is 4.90 Å². The molecule has 1 atom stereocenters. The Morgan fingerprint density at radius 3 is 2.62 bits per heavy atom. The zero-order chi connectivity index (χ0) is 9.26. The lowest BCUT2D eigenvalue weighted by molar-refractivity contribution is 0.0517. The van der Waals surface area contributed by atoms with Gasteiger partial charge in [0, 0.05) is 25.7 Å². The maximum Gasteiger partial charge on any atom is 0.314 e. The molecule has 4 nitrogen and oxygen atoms in total. The highest BCUT2D eigenvalue weighted by Gasteiger charge is 2.31. The molecule has 2 fully saturated rings. The summed E-state index contributed by atoms with van der Waals surface area (Å²) in [6, 6.07) is 0.335. The van der Waals surface area contributed by atoms with Crippen LogP contribution in [0.15, 0.2) is 0 Å². The molecule has 2 amide bonds. The summed E-state index contributed by atoms with van der Waals surface area (Å²) in [5.41, 5.74) is 5.29. The van der Waals surface area contributed by atoms with Gasteiger partial charge in [0.05, 0.1) is 0 Å². The quantitative estimate of drug-likeness (QED) is 0.584. The second-order valence-corrected chi connectivity index (χ2v) is 3.97. The number of carbonyl (C=O) groups excluding carboxylic acids is 1. The normalized spacial score (nSPS) is 29.8. The largest absolute Gasteiger partial charge is 0.351 e. The molecule has 2 aliphatic heterocycles. The van der Waals surface area contributed by atoms with Gasteiger partial charge in [-0.15, -0.1) is 0 Å². The lowest BCUT2D eigenvalue weighted by Crippen LogP contribution is -2.56. The predicted octanol–water partition coefficient (Wildman–Crippen LogP) is 0.235. The lowest BCUT2D eigenvalue weighted by Gasteiger charge is -2.44. The summed E-state index contributed by atoms with van der Waals surface area (Å²) in [5, 5.41) is 0. The molecule has 13 heavy (non-hydrogen) atoms. The number of urea groups is 1. The van der Waals surface area contributed by atoms with Crippen molar-refractivity contribution in [3.63, 3.8) is 0 Å². The number of rotatable bonds is 0. The maximum absolute atomic E-state index is 11.0. The highest BCUT2D eigenvalue weighted by molar-refractivity contribution is 5.72. The molecule has 0 spiro atoms. The summed E-state index contributed by atoms with van der Waals surface area (Å²) in [6.45, 7) is 4.10. The minimum absolute atomic E-state index is 0.256. The fourth-order valence-electron chi connectivity index (χ4n) is 2.16. The van der Waals surface area contributed by atoms with Gasteiger partial charge in [-0.2, -0.15) is 0 Å².